The molecule has 1 unspecified atom stereocenters. The third-order valence-electron chi connectivity index (χ3n) is 5.61. The molecule has 0 bridgehead atoms. The van der Waals surface area contributed by atoms with Gasteiger partial charge in [-0.05, 0) is 37.3 Å². The highest BCUT2D eigenvalue weighted by Crippen LogP contribution is 2.19. The second-order valence-corrected chi connectivity index (χ2v) is 7.85. The van der Waals surface area contributed by atoms with Crippen molar-refractivity contribution in [3.8, 4) is 0 Å². The number of carbonyl (C=O) groups is 2. The summed E-state index contributed by atoms with van der Waals surface area (Å²) in [6, 6.07) is 8.58. The monoisotopic (exact) mass is 399 g/mol. The molecule has 2 aliphatic rings. The molecule has 29 heavy (non-hydrogen) atoms. The minimum Gasteiger partial charge on any atom is -0.357 e. The molecule has 0 saturated carbocycles. The van der Waals surface area contributed by atoms with Gasteiger partial charge in [-0.15, -0.1) is 0 Å². The molecule has 0 aromatic heterocycles. The van der Waals surface area contributed by atoms with Crippen LogP contribution >= 0.6 is 0 Å². The van der Waals surface area contributed by atoms with Crippen molar-refractivity contribution in [2.75, 3.05) is 33.2 Å². The molecule has 1 fully saturated rings. The Morgan fingerprint density at radius 2 is 2.03 bits per heavy atom. The van der Waals surface area contributed by atoms with Gasteiger partial charge in [0.2, 0.25) is 11.8 Å². The zero-order valence-electron chi connectivity index (χ0n) is 17.6. The van der Waals surface area contributed by atoms with Gasteiger partial charge in [-0.3, -0.25) is 14.6 Å². The summed E-state index contributed by atoms with van der Waals surface area (Å²) in [5.41, 5.74) is 2.62. The van der Waals surface area contributed by atoms with Crippen molar-refractivity contribution in [3.05, 3.63) is 35.4 Å². The number of carbonyl (C=O) groups excluding carboxylic acids is 2. The van der Waals surface area contributed by atoms with E-state index in [0.29, 0.717) is 25.9 Å². The maximum absolute atomic E-state index is 12.6. The maximum Gasteiger partial charge on any atom is 0.222 e. The van der Waals surface area contributed by atoms with E-state index in [4.69, 9.17) is 0 Å². The fourth-order valence-corrected chi connectivity index (χ4v) is 3.93. The van der Waals surface area contributed by atoms with E-state index >= 15 is 0 Å². The van der Waals surface area contributed by atoms with Gasteiger partial charge >= 0.3 is 0 Å². The number of benzene rings is 1. The number of likely N-dealkylation sites (N-methyl/N-ethyl adjacent to an activating group) is 1. The molecule has 2 amide bonds. The van der Waals surface area contributed by atoms with E-state index in [9.17, 15) is 9.59 Å². The fraction of sp³-hybridized carbons (Fsp3) is 0.591. The summed E-state index contributed by atoms with van der Waals surface area (Å²) in [6.45, 7) is 5.63. The first kappa shape index (κ1) is 21.1. The molecule has 3 rings (SSSR count). The highest BCUT2D eigenvalue weighted by atomic mass is 16.2. The van der Waals surface area contributed by atoms with Crippen LogP contribution in [-0.2, 0) is 22.6 Å². The van der Waals surface area contributed by atoms with Crippen LogP contribution in [0.2, 0.25) is 0 Å². The Morgan fingerprint density at radius 3 is 2.79 bits per heavy atom. The van der Waals surface area contributed by atoms with Crippen molar-refractivity contribution in [1.29, 1.82) is 0 Å². The first-order valence-corrected chi connectivity index (χ1v) is 10.7. The predicted octanol–water partition coefficient (Wildman–Crippen LogP) is 1.53. The van der Waals surface area contributed by atoms with E-state index in [1.54, 1.807) is 4.90 Å². The lowest BCUT2D eigenvalue weighted by Crippen LogP contribution is -2.51. The quantitative estimate of drug-likeness (QED) is 0.432. The van der Waals surface area contributed by atoms with Gasteiger partial charge in [0.25, 0.3) is 0 Å². The van der Waals surface area contributed by atoms with Crippen molar-refractivity contribution in [2.24, 2.45) is 4.99 Å². The van der Waals surface area contributed by atoms with Gasteiger partial charge in [0.15, 0.2) is 5.96 Å². The average molecular weight is 400 g/mol. The number of nitrogens with zero attached hydrogens (tertiary/aromatic N) is 3. The van der Waals surface area contributed by atoms with Crippen LogP contribution < -0.4 is 10.6 Å². The van der Waals surface area contributed by atoms with Gasteiger partial charge in [0.1, 0.15) is 0 Å². The molecule has 2 heterocycles. The van der Waals surface area contributed by atoms with Crippen molar-refractivity contribution in [1.82, 2.24) is 20.4 Å². The number of hydrogen-bond donors (Lipinski definition) is 2. The molecule has 7 nitrogen and oxygen atoms in total. The minimum absolute atomic E-state index is 0.198. The van der Waals surface area contributed by atoms with Crippen LogP contribution in [0.3, 0.4) is 0 Å². The summed E-state index contributed by atoms with van der Waals surface area (Å²) in [6.07, 6.45) is 3.58. The lowest BCUT2D eigenvalue weighted by Gasteiger charge is -2.31. The molecule has 1 saturated heterocycles. The van der Waals surface area contributed by atoms with Crippen LogP contribution in [0.15, 0.2) is 29.3 Å². The first-order valence-electron chi connectivity index (χ1n) is 10.7. The zero-order valence-corrected chi connectivity index (χ0v) is 17.6. The number of amides is 2. The molecule has 7 heteroatoms. The largest absolute Gasteiger partial charge is 0.357 e. The summed E-state index contributed by atoms with van der Waals surface area (Å²) in [4.78, 5) is 32.6. The highest BCUT2D eigenvalue weighted by molar-refractivity contribution is 5.81. The van der Waals surface area contributed by atoms with Gasteiger partial charge in [-0.2, -0.15) is 0 Å². The molecular weight excluding hydrogens is 366 g/mol. The molecule has 0 spiro atoms. The molecule has 1 aromatic rings. The molecule has 2 N–H and O–H groups in total. The van der Waals surface area contributed by atoms with Crippen LogP contribution in [0.5, 0.6) is 0 Å². The van der Waals surface area contributed by atoms with Crippen molar-refractivity contribution in [3.63, 3.8) is 0 Å². The fourth-order valence-electron chi connectivity index (χ4n) is 3.93. The molecule has 0 radical (unpaired) electrons. The summed E-state index contributed by atoms with van der Waals surface area (Å²) >= 11 is 0. The van der Waals surface area contributed by atoms with Crippen LogP contribution in [0.4, 0.5) is 0 Å². The Kier molecular flexibility index (Phi) is 7.49. The van der Waals surface area contributed by atoms with Gasteiger partial charge in [0.05, 0.1) is 0 Å². The summed E-state index contributed by atoms with van der Waals surface area (Å²) in [5, 5.41) is 6.68. The Morgan fingerprint density at radius 1 is 1.24 bits per heavy atom. The third kappa shape index (κ3) is 5.95. The average Bonchev–Trinajstić information content (AvgIpc) is 2.73. The number of guanidine groups is 1. The number of rotatable bonds is 6. The Bertz CT molecular complexity index is 748. The zero-order chi connectivity index (χ0) is 20.6. The second-order valence-electron chi connectivity index (χ2n) is 7.85. The molecule has 1 atom stereocenters. The van der Waals surface area contributed by atoms with Gasteiger partial charge in [-0.25, -0.2) is 0 Å². The van der Waals surface area contributed by atoms with Crippen molar-refractivity contribution >= 4 is 17.8 Å². The van der Waals surface area contributed by atoms with E-state index in [0.717, 1.165) is 44.9 Å². The standard InChI is InChI=1S/C22H33N5O2/c1-3-23-22(25-19-10-11-20(28)26(2)16-19)24-13-6-9-21(29)27-14-12-17-7-4-5-8-18(17)15-27/h4-5,7-8,19H,3,6,9-16H2,1-2H3,(H2,23,24,25). The Hall–Kier alpha value is -2.57. The smallest absolute Gasteiger partial charge is 0.222 e. The number of fused-ring (bicyclic) bond motifs is 1. The van der Waals surface area contributed by atoms with Crippen molar-refractivity contribution in [2.45, 2.75) is 51.6 Å². The number of piperidine rings is 1. The molecule has 0 aliphatic carbocycles. The third-order valence-corrected chi connectivity index (χ3v) is 5.61. The molecule has 1 aromatic carbocycles. The summed E-state index contributed by atoms with van der Waals surface area (Å²) < 4.78 is 0. The molecule has 158 valence electrons. The highest BCUT2D eigenvalue weighted by Gasteiger charge is 2.23. The van der Waals surface area contributed by atoms with E-state index in [-0.39, 0.29) is 17.9 Å². The molecular formula is C22H33N5O2. The van der Waals surface area contributed by atoms with Gasteiger partial charge < -0.3 is 20.4 Å². The van der Waals surface area contributed by atoms with Crippen LogP contribution in [0.1, 0.15) is 43.7 Å². The summed E-state index contributed by atoms with van der Waals surface area (Å²) in [5.74, 6) is 1.17. The van der Waals surface area contributed by atoms with E-state index in [1.807, 2.05) is 24.9 Å². The van der Waals surface area contributed by atoms with Crippen molar-refractivity contribution < 1.29 is 9.59 Å². The number of aliphatic imine (C=N–C) groups is 1. The van der Waals surface area contributed by atoms with Crippen LogP contribution in [0, 0.1) is 0 Å². The second kappa shape index (κ2) is 10.3. The van der Waals surface area contributed by atoms with E-state index < -0.39 is 0 Å². The predicted molar refractivity (Wildman–Crippen MR) is 115 cm³/mol. The number of nitrogens with one attached hydrogen (secondary N) is 2. The first-order chi connectivity index (χ1) is 14.1. The van der Waals surface area contributed by atoms with E-state index in [2.05, 4.69) is 33.8 Å². The topological polar surface area (TPSA) is 77.0 Å². The number of likely N-dealkylation sites (tertiary alicyclic amines) is 1. The van der Waals surface area contributed by atoms with E-state index in [1.165, 1.54) is 11.1 Å². The number of hydrogen-bond acceptors (Lipinski definition) is 3. The normalized spacial score (nSPS) is 19.7. The summed E-state index contributed by atoms with van der Waals surface area (Å²) in [7, 11) is 1.84. The van der Waals surface area contributed by atoms with Crippen LogP contribution in [0.25, 0.3) is 0 Å². The molecule has 2 aliphatic heterocycles. The Balaban J connectivity index is 1.43. The van der Waals surface area contributed by atoms with Gasteiger partial charge in [-0.1, -0.05) is 24.3 Å². The lowest BCUT2D eigenvalue weighted by molar-refractivity contribution is -0.133. The Labute approximate surface area is 173 Å². The lowest BCUT2D eigenvalue weighted by atomic mass is 9.99. The maximum atomic E-state index is 12.6. The van der Waals surface area contributed by atoms with Gasteiger partial charge in [0, 0.05) is 58.7 Å². The van der Waals surface area contributed by atoms with Crippen LogP contribution in [-0.4, -0.2) is 66.8 Å². The SMILES string of the molecule is CCNC(=NCCCC(=O)N1CCc2ccccc2C1)NC1CCC(=O)N(C)C1. The minimum atomic E-state index is 0.198.